The molecule has 1 aliphatic heterocycles. The maximum absolute atomic E-state index is 13.2. The standard InChI is InChI=1S/C13H17BrFN/c1-13(2)6-3-7-16(13)12-5-4-11(15)8-10(12)9-14/h4-5,8H,3,6-7,9H2,1-2H3. The van der Waals surface area contributed by atoms with E-state index in [1.165, 1.54) is 18.5 Å². The second kappa shape index (κ2) is 4.36. The molecule has 1 saturated heterocycles. The number of nitrogens with zero attached hydrogens (tertiary/aromatic N) is 1. The van der Waals surface area contributed by atoms with Crippen LogP contribution < -0.4 is 4.90 Å². The third kappa shape index (κ3) is 2.10. The van der Waals surface area contributed by atoms with Crippen molar-refractivity contribution in [3.63, 3.8) is 0 Å². The molecule has 0 amide bonds. The fourth-order valence-electron chi connectivity index (χ4n) is 2.48. The van der Waals surface area contributed by atoms with Gasteiger partial charge in [-0.15, -0.1) is 0 Å². The lowest BCUT2D eigenvalue weighted by molar-refractivity contribution is 0.516. The Kier molecular flexibility index (Phi) is 3.24. The molecule has 0 aromatic heterocycles. The molecule has 16 heavy (non-hydrogen) atoms. The molecule has 1 aromatic carbocycles. The predicted octanol–water partition coefficient (Wildman–Crippen LogP) is 4.10. The molecule has 0 saturated carbocycles. The minimum absolute atomic E-state index is 0.157. The highest BCUT2D eigenvalue weighted by Gasteiger charge is 2.32. The van der Waals surface area contributed by atoms with Crippen LogP contribution >= 0.6 is 15.9 Å². The van der Waals surface area contributed by atoms with Crippen molar-refractivity contribution in [2.75, 3.05) is 11.4 Å². The Balaban J connectivity index is 2.40. The Labute approximate surface area is 105 Å². The van der Waals surface area contributed by atoms with Gasteiger partial charge in [-0.3, -0.25) is 0 Å². The first-order valence-electron chi connectivity index (χ1n) is 5.66. The lowest BCUT2D eigenvalue weighted by Crippen LogP contribution is -2.38. The molecule has 0 bridgehead atoms. The van der Waals surface area contributed by atoms with Crippen LogP contribution in [0, 0.1) is 5.82 Å². The molecule has 1 heterocycles. The van der Waals surface area contributed by atoms with Crippen LogP contribution in [0.4, 0.5) is 10.1 Å². The number of rotatable bonds is 2. The van der Waals surface area contributed by atoms with Gasteiger partial charge in [0.25, 0.3) is 0 Å². The Hall–Kier alpha value is -0.570. The predicted molar refractivity (Wildman–Crippen MR) is 69.7 cm³/mol. The molecule has 88 valence electrons. The summed E-state index contributed by atoms with van der Waals surface area (Å²) in [4.78, 5) is 2.39. The van der Waals surface area contributed by atoms with Gasteiger partial charge in [0.1, 0.15) is 5.82 Å². The zero-order valence-electron chi connectivity index (χ0n) is 9.76. The fourth-order valence-corrected chi connectivity index (χ4v) is 2.93. The summed E-state index contributed by atoms with van der Waals surface area (Å²) in [5.41, 5.74) is 2.39. The van der Waals surface area contributed by atoms with E-state index in [2.05, 4.69) is 34.7 Å². The first-order valence-corrected chi connectivity index (χ1v) is 6.79. The highest BCUT2D eigenvalue weighted by molar-refractivity contribution is 9.08. The van der Waals surface area contributed by atoms with E-state index in [1.807, 2.05) is 6.07 Å². The van der Waals surface area contributed by atoms with Crippen LogP contribution in [0.3, 0.4) is 0 Å². The van der Waals surface area contributed by atoms with E-state index >= 15 is 0 Å². The van der Waals surface area contributed by atoms with Gasteiger partial charge in [-0.25, -0.2) is 4.39 Å². The molecular formula is C13H17BrFN. The van der Waals surface area contributed by atoms with Gasteiger partial charge in [-0.05, 0) is 50.5 Å². The molecule has 1 aromatic rings. The van der Waals surface area contributed by atoms with E-state index in [9.17, 15) is 4.39 Å². The Morgan fingerprint density at radius 1 is 1.44 bits per heavy atom. The van der Waals surface area contributed by atoms with Crippen LogP contribution in [0.5, 0.6) is 0 Å². The third-order valence-corrected chi connectivity index (χ3v) is 3.98. The summed E-state index contributed by atoms with van der Waals surface area (Å²) in [7, 11) is 0. The van der Waals surface area contributed by atoms with Crippen LogP contribution in [-0.4, -0.2) is 12.1 Å². The summed E-state index contributed by atoms with van der Waals surface area (Å²) in [6.07, 6.45) is 2.41. The van der Waals surface area contributed by atoms with Gasteiger partial charge >= 0.3 is 0 Å². The van der Waals surface area contributed by atoms with Gasteiger partial charge in [-0.1, -0.05) is 15.9 Å². The van der Waals surface area contributed by atoms with Crippen molar-refractivity contribution in [3.8, 4) is 0 Å². The molecule has 1 nitrogen and oxygen atoms in total. The highest BCUT2D eigenvalue weighted by atomic mass is 79.9. The number of hydrogen-bond acceptors (Lipinski definition) is 1. The average Bonchev–Trinajstić information content (AvgIpc) is 2.58. The van der Waals surface area contributed by atoms with Crippen LogP contribution in [0.25, 0.3) is 0 Å². The Bertz CT molecular complexity index is 390. The monoisotopic (exact) mass is 285 g/mol. The molecule has 1 fully saturated rings. The van der Waals surface area contributed by atoms with Crippen LogP contribution in [-0.2, 0) is 5.33 Å². The lowest BCUT2D eigenvalue weighted by atomic mass is 10.0. The molecule has 0 radical (unpaired) electrons. The zero-order valence-corrected chi connectivity index (χ0v) is 11.3. The number of halogens is 2. The van der Waals surface area contributed by atoms with Crippen molar-refractivity contribution in [2.24, 2.45) is 0 Å². The van der Waals surface area contributed by atoms with E-state index in [-0.39, 0.29) is 11.4 Å². The molecule has 0 spiro atoms. The molecule has 1 aliphatic rings. The molecule has 0 aliphatic carbocycles. The third-order valence-electron chi connectivity index (χ3n) is 3.38. The quantitative estimate of drug-likeness (QED) is 0.740. The van der Waals surface area contributed by atoms with E-state index in [1.54, 1.807) is 12.1 Å². The van der Waals surface area contributed by atoms with Crippen LogP contribution in [0.15, 0.2) is 18.2 Å². The molecular weight excluding hydrogens is 269 g/mol. The molecule has 0 unspecified atom stereocenters. The first kappa shape index (κ1) is 11.9. The summed E-state index contributed by atoms with van der Waals surface area (Å²) in [5.74, 6) is -0.157. The maximum Gasteiger partial charge on any atom is 0.123 e. The smallest absolute Gasteiger partial charge is 0.123 e. The number of alkyl halides is 1. The number of benzene rings is 1. The summed E-state index contributed by atoms with van der Waals surface area (Å²) in [5, 5.41) is 0.701. The molecule has 0 atom stereocenters. The minimum Gasteiger partial charge on any atom is -0.366 e. The molecule has 2 rings (SSSR count). The van der Waals surface area contributed by atoms with Crippen molar-refractivity contribution >= 4 is 21.6 Å². The molecule has 3 heteroatoms. The van der Waals surface area contributed by atoms with Crippen molar-refractivity contribution in [3.05, 3.63) is 29.6 Å². The largest absolute Gasteiger partial charge is 0.366 e. The minimum atomic E-state index is -0.157. The normalized spacial score (nSPS) is 19.1. The van der Waals surface area contributed by atoms with E-state index < -0.39 is 0 Å². The van der Waals surface area contributed by atoms with Gasteiger partial charge in [0.2, 0.25) is 0 Å². The Morgan fingerprint density at radius 2 is 2.19 bits per heavy atom. The van der Waals surface area contributed by atoms with Crippen molar-refractivity contribution < 1.29 is 4.39 Å². The van der Waals surface area contributed by atoms with Crippen molar-refractivity contribution in [2.45, 2.75) is 37.6 Å². The maximum atomic E-state index is 13.2. The van der Waals surface area contributed by atoms with Crippen LogP contribution in [0.2, 0.25) is 0 Å². The van der Waals surface area contributed by atoms with Crippen molar-refractivity contribution in [1.82, 2.24) is 0 Å². The van der Waals surface area contributed by atoms with Gasteiger partial charge in [0, 0.05) is 23.1 Å². The SMILES string of the molecule is CC1(C)CCCN1c1ccc(F)cc1CBr. The van der Waals surface area contributed by atoms with Gasteiger partial charge in [0.05, 0.1) is 0 Å². The Morgan fingerprint density at radius 3 is 2.75 bits per heavy atom. The van der Waals surface area contributed by atoms with Gasteiger partial charge in [-0.2, -0.15) is 0 Å². The van der Waals surface area contributed by atoms with Crippen LogP contribution in [0.1, 0.15) is 32.3 Å². The average molecular weight is 286 g/mol. The first-order chi connectivity index (χ1) is 7.54. The fraction of sp³-hybridized carbons (Fsp3) is 0.538. The highest BCUT2D eigenvalue weighted by Crippen LogP contribution is 2.36. The second-order valence-electron chi connectivity index (χ2n) is 4.97. The summed E-state index contributed by atoms with van der Waals surface area (Å²) in [6, 6.07) is 5.08. The summed E-state index contributed by atoms with van der Waals surface area (Å²) < 4.78 is 13.2. The molecule has 0 N–H and O–H groups in total. The summed E-state index contributed by atoms with van der Waals surface area (Å²) in [6.45, 7) is 5.57. The number of anilines is 1. The van der Waals surface area contributed by atoms with E-state index in [0.717, 1.165) is 12.1 Å². The topological polar surface area (TPSA) is 3.24 Å². The number of hydrogen-bond donors (Lipinski definition) is 0. The van der Waals surface area contributed by atoms with E-state index in [0.29, 0.717) is 5.33 Å². The zero-order chi connectivity index (χ0) is 11.8. The second-order valence-corrected chi connectivity index (χ2v) is 5.54. The van der Waals surface area contributed by atoms with Gasteiger partial charge < -0.3 is 4.90 Å². The van der Waals surface area contributed by atoms with E-state index in [4.69, 9.17) is 0 Å². The summed E-state index contributed by atoms with van der Waals surface area (Å²) >= 11 is 3.43. The lowest BCUT2D eigenvalue weighted by Gasteiger charge is -2.35. The van der Waals surface area contributed by atoms with Gasteiger partial charge in [0.15, 0.2) is 0 Å². The van der Waals surface area contributed by atoms with Crippen molar-refractivity contribution in [1.29, 1.82) is 0 Å².